The Morgan fingerprint density at radius 1 is 1.02 bits per heavy atom. The van der Waals surface area contributed by atoms with Crippen molar-refractivity contribution >= 4 is 12.0 Å². The van der Waals surface area contributed by atoms with E-state index in [1.54, 1.807) is 16.8 Å². The van der Waals surface area contributed by atoms with Crippen LogP contribution in [-0.4, -0.2) is 63.3 Å². The number of rotatable bonds is 11. The molecule has 1 fully saturated rings. The number of hydrogen-bond acceptors (Lipinski definition) is 5. The Bertz CT molecular complexity index is 1770. The van der Waals surface area contributed by atoms with Gasteiger partial charge in [-0.1, -0.05) is 62.4 Å². The molecule has 1 amide bonds. The number of carbonyl (C=O) groups is 1. The van der Waals surface area contributed by atoms with Crippen LogP contribution >= 0.6 is 0 Å². The van der Waals surface area contributed by atoms with Crippen LogP contribution < -0.4 is 5.56 Å². The molecule has 0 N–H and O–H groups in total. The van der Waals surface area contributed by atoms with Crippen LogP contribution in [0.4, 0.5) is 22.0 Å². The molecule has 5 rings (SSSR count). The highest BCUT2D eigenvalue weighted by atomic mass is 19.4. The second-order valence-corrected chi connectivity index (χ2v) is 14.0. The maximum absolute atomic E-state index is 13.6. The van der Waals surface area contributed by atoms with Gasteiger partial charge >= 0.3 is 6.18 Å². The number of halogens is 5. The van der Waals surface area contributed by atoms with E-state index in [0.717, 1.165) is 61.5 Å². The van der Waals surface area contributed by atoms with E-state index in [9.17, 15) is 31.5 Å². The number of carbonyl (C=O) groups excluding carboxylic acids is 1. The molecule has 282 valence electrons. The third-order valence-corrected chi connectivity index (χ3v) is 9.74. The number of aromatic nitrogens is 3. The van der Waals surface area contributed by atoms with Gasteiger partial charge in [0, 0.05) is 30.6 Å². The summed E-state index contributed by atoms with van der Waals surface area (Å²) in [6.07, 6.45) is 4.52. The molecule has 2 heterocycles. The number of benzene rings is 2. The van der Waals surface area contributed by atoms with Crippen molar-refractivity contribution in [1.29, 1.82) is 0 Å². The first-order chi connectivity index (χ1) is 24.7. The summed E-state index contributed by atoms with van der Waals surface area (Å²) in [4.78, 5) is 31.9. The van der Waals surface area contributed by atoms with E-state index in [1.165, 1.54) is 12.1 Å². The molecule has 2 unspecified atom stereocenters. The molecular weight excluding hydrogens is 677 g/mol. The second-order valence-electron chi connectivity index (χ2n) is 14.0. The molecule has 7 nitrogen and oxygen atoms in total. The minimum Gasteiger partial charge on any atom is -0.338 e. The molecule has 2 aromatic carbocycles. The fraction of sp³-hybridized carbons (Fsp3) is 0.500. The molecule has 2 atom stereocenters. The smallest absolute Gasteiger partial charge is 0.338 e. The van der Waals surface area contributed by atoms with Crippen molar-refractivity contribution in [3.8, 4) is 0 Å². The summed E-state index contributed by atoms with van der Waals surface area (Å²) >= 11 is 0. The largest absolute Gasteiger partial charge is 0.412 e. The van der Waals surface area contributed by atoms with Gasteiger partial charge in [0.25, 0.3) is 5.56 Å². The lowest BCUT2D eigenvalue weighted by Gasteiger charge is -2.28. The van der Waals surface area contributed by atoms with Gasteiger partial charge in [0.2, 0.25) is 6.41 Å². The zero-order valence-electron chi connectivity index (χ0n) is 30.7. The van der Waals surface area contributed by atoms with E-state index in [1.807, 2.05) is 56.9 Å². The van der Waals surface area contributed by atoms with Gasteiger partial charge in [0.1, 0.15) is 11.5 Å². The van der Waals surface area contributed by atoms with Crippen LogP contribution in [0, 0.1) is 17.6 Å². The van der Waals surface area contributed by atoms with Crippen molar-refractivity contribution in [2.45, 2.75) is 104 Å². The maximum atomic E-state index is 13.6. The van der Waals surface area contributed by atoms with Gasteiger partial charge < -0.3 is 9.80 Å². The lowest BCUT2D eigenvalue weighted by molar-refractivity contribution is -0.121. The van der Waals surface area contributed by atoms with Crippen molar-refractivity contribution in [3.05, 3.63) is 110 Å². The molecule has 0 radical (unpaired) electrons. The zero-order chi connectivity index (χ0) is 38.0. The number of nitrogens with zero attached hydrogens (tertiary/aromatic N) is 5. The van der Waals surface area contributed by atoms with Gasteiger partial charge in [-0.3, -0.25) is 9.59 Å². The Morgan fingerprint density at radius 2 is 1.75 bits per heavy atom. The fourth-order valence-electron chi connectivity index (χ4n) is 6.72. The minimum atomic E-state index is -4.26. The summed E-state index contributed by atoms with van der Waals surface area (Å²) in [6, 6.07) is 12.4. The van der Waals surface area contributed by atoms with E-state index in [2.05, 4.69) is 22.0 Å². The molecule has 1 saturated heterocycles. The number of alkyl halides is 3. The standard InChI is InChI=1S/C23H29F3N2O.C17H21F2N3O/c1-17-14-20(23(24,25)26)9-10-22(17)19-7-5-18(6-8-19)15-28(16-29)21-4-3-12-27(2)13-11-21;1-4-14-17(23)20-15(22(21-14)11(2)3)10-6-8-12-7-5-9-13(18)16(12)19/h5-10,16-17,21H,3-4,11-15H2,1-2H3;5,7,9,11H,4,6,8,10H2,1-3H3. The summed E-state index contributed by atoms with van der Waals surface area (Å²) in [5.74, 6) is -1.24. The number of aryl methyl sites for hydroxylation is 3. The zero-order valence-corrected chi connectivity index (χ0v) is 30.7. The second kappa shape index (κ2) is 18.5. The number of allylic oxidation sites excluding steroid dienone is 4. The topological polar surface area (TPSA) is 71.3 Å². The highest BCUT2D eigenvalue weighted by molar-refractivity contribution is 5.70. The average molecular weight is 728 g/mol. The van der Waals surface area contributed by atoms with Crippen molar-refractivity contribution in [3.63, 3.8) is 0 Å². The molecular formula is C40H50F5N5O2. The van der Waals surface area contributed by atoms with Gasteiger partial charge in [-0.25, -0.2) is 13.5 Å². The lowest BCUT2D eigenvalue weighted by atomic mass is 9.84. The molecule has 1 aromatic heterocycles. The number of amides is 1. The highest BCUT2D eigenvalue weighted by Crippen LogP contribution is 2.39. The predicted octanol–water partition coefficient (Wildman–Crippen LogP) is 8.28. The third-order valence-electron chi connectivity index (χ3n) is 9.74. The highest BCUT2D eigenvalue weighted by Gasteiger charge is 2.36. The predicted molar refractivity (Wildman–Crippen MR) is 194 cm³/mol. The van der Waals surface area contributed by atoms with Crippen LogP contribution in [0.1, 0.15) is 94.0 Å². The third kappa shape index (κ3) is 10.9. The molecule has 3 aromatic rings. The molecule has 1 aliphatic carbocycles. The Balaban J connectivity index is 0.000000239. The first-order valence-electron chi connectivity index (χ1n) is 18.1. The first-order valence-corrected chi connectivity index (χ1v) is 18.1. The Morgan fingerprint density at radius 3 is 2.38 bits per heavy atom. The van der Waals surface area contributed by atoms with Gasteiger partial charge in [-0.2, -0.15) is 23.3 Å². The van der Waals surface area contributed by atoms with Crippen molar-refractivity contribution < 1.29 is 26.7 Å². The van der Waals surface area contributed by atoms with Crippen molar-refractivity contribution in [2.75, 3.05) is 20.1 Å². The number of likely N-dealkylation sites (tertiary alicyclic amines) is 1. The fourth-order valence-corrected chi connectivity index (χ4v) is 6.72. The Hall–Kier alpha value is -4.19. The molecule has 2 aliphatic rings. The summed E-state index contributed by atoms with van der Waals surface area (Å²) in [7, 11) is 2.11. The van der Waals surface area contributed by atoms with Crippen molar-refractivity contribution in [1.82, 2.24) is 24.6 Å². The Kier molecular flexibility index (Phi) is 14.5. The van der Waals surface area contributed by atoms with Crippen LogP contribution in [-0.2, 0) is 30.6 Å². The monoisotopic (exact) mass is 727 g/mol. The summed E-state index contributed by atoms with van der Waals surface area (Å²) in [6.45, 7) is 10.2. The van der Waals surface area contributed by atoms with Crippen molar-refractivity contribution in [2.24, 2.45) is 5.92 Å². The molecule has 1 aliphatic heterocycles. The van der Waals surface area contributed by atoms with Gasteiger partial charge in [0.05, 0.1) is 0 Å². The Labute approximate surface area is 303 Å². The average Bonchev–Trinajstić information content (AvgIpc) is 3.33. The summed E-state index contributed by atoms with van der Waals surface area (Å²) in [5, 5.41) is 4.36. The van der Waals surface area contributed by atoms with E-state index in [-0.39, 0.29) is 30.0 Å². The SMILES string of the molecule is CC1CC(C(F)(F)F)=CC=C1c1ccc(CN(C=O)C2CCCN(C)CC2)cc1.CCc1nn(C(C)C)c(CCCc2cccc(F)c2F)nc1=O. The van der Waals surface area contributed by atoms with Gasteiger partial charge in [0.15, 0.2) is 11.6 Å². The molecule has 52 heavy (non-hydrogen) atoms. The van der Waals surface area contributed by atoms with Crippen LogP contribution in [0.5, 0.6) is 0 Å². The molecule has 0 saturated carbocycles. The van der Waals surface area contributed by atoms with Crippen LogP contribution in [0.3, 0.4) is 0 Å². The summed E-state index contributed by atoms with van der Waals surface area (Å²) in [5.41, 5.74) is 2.89. The first kappa shape index (κ1) is 40.6. The maximum Gasteiger partial charge on any atom is 0.412 e. The van der Waals surface area contributed by atoms with E-state index < -0.39 is 23.4 Å². The molecule has 0 bridgehead atoms. The van der Waals surface area contributed by atoms with E-state index >= 15 is 0 Å². The molecule has 12 heteroatoms. The van der Waals surface area contributed by atoms with E-state index in [0.29, 0.717) is 49.3 Å². The molecule has 0 spiro atoms. The minimum absolute atomic E-state index is 0.00608. The van der Waals surface area contributed by atoms with Crippen LogP contribution in [0.25, 0.3) is 5.57 Å². The van der Waals surface area contributed by atoms with E-state index in [4.69, 9.17) is 0 Å². The summed E-state index contributed by atoms with van der Waals surface area (Å²) < 4.78 is 67.3. The van der Waals surface area contributed by atoms with Crippen LogP contribution in [0.2, 0.25) is 0 Å². The van der Waals surface area contributed by atoms with Gasteiger partial charge in [-0.05, 0) is 113 Å². The normalized spacial score (nSPS) is 18.2. The number of hydrogen-bond donors (Lipinski definition) is 0. The van der Waals surface area contributed by atoms with Crippen LogP contribution in [0.15, 0.2) is 65.0 Å². The lowest BCUT2D eigenvalue weighted by Crippen LogP contribution is -2.34. The van der Waals surface area contributed by atoms with Gasteiger partial charge in [-0.15, -0.1) is 0 Å². The quantitative estimate of drug-likeness (QED) is 0.147.